The maximum atomic E-state index is 12.9. The van der Waals surface area contributed by atoms with Crippen LogP contribution in [0.4, 0.5) is 15.2 Å². The smallest absolute Gasteiger partial charge is 0.251 e. The molecular formula is C20H19FN4O3S. The Labute approximate surface area is 170 Å². The molecule has 1 fully saturated rings. The zero-order valence-corrected chi connectivity index (χ0v) is 16.3. The number of rotatable bonds is 5. The lowest BCUT2D eigenvalue weighted by atomic mass is 10.2. The van der Waals surface area contributed by atoms with Gasteiger partial charge in [0.05, 0.1) is 30.0 Å². The standard InChI is InChI=1S/C20H19FN4O3S/c21-14-3-1-13(2-4-14)19(27)22-12-18(26)23-15-5-6-16-17(11-15)29-20(24-16)25-7-9-28-10-8-25/h1-6,11H,7-10,12H2,(H,22,27)(H,23,26). The average Bonchev–Trinajstić information content (AvgIpc) is 3.17. The summed E-state index contributed by atoms with van der Waals surface area (Å²) in [6, 6.07) is 10.7. The van der Waals surface area contributed by atoms with Gasteiger partial charge in [-0.3, -0.25) is 9.59 Å². The van der Waals surface area contributed by atoms with Crippen LogP contribution >= 0.6 is 11.3 Å². The molecule has 7 nitrogen and oxygen atoms in total. The third-order valence-corrected chi connectivity index (χ3v) is 5.54. The highest BCUT2D eigenvalue weighted by molar-refractivity contribution is 7.22. The first kappa shape index (κ1) is 19.3. The summed E-state index contributed by atoms with van der Waals surface area (Å²) in [5, 5.41) is 6.23. The van der Waals surface area contributed by atoms with Crippen LogP contribution in [0.25, 0.3) is 10.2 Å². The summed E-state index contributed by atoms with van der Waals surface area (Å²) in [5.41, 5.74) is 1.80. The number of ether oxygens (including phenoxy) is 1. The normalized spacial score (nSPS) is 14.0. The van der Waals surface area contributed by atoms with E-state index >= 15 is 0 Å². The van der Waals surface area contributed by atoms with Crippen molar-refractivity contribution in [3.05, 3.63) is 53.8 Å². The molecule has 0 unspecified atom stereocenters. The number of carbonyl (C=O) groups excluding carboxylic acids is 2. The second kappa shape index (κ2) is 8.54. The van der Waals surface area contributed by atoms with E-state index in [4.69, 9.17) is 4.74 Å². The molecule has 0 saturated carbocycles. The van der Waals surface area contributed by atoms with E-state index in [2.05, 4.69) is 20.5 Å². The van der Waals surface area contributed by atoms with Crippen LogP contribution < -0.4 is 15.5 Å². The Morgan fingerprint density at radius 1 is 1.14 bits per heavy atom. The molecule has 0 bridgehead atoms. The van der Waals surface area contributed by atoms with Crippen LogP contribution in [0.3, 0.4) is 0 Å². The van der Waals surface area contributed by atoms with E-state index in [0.717, 1.165) is 28.4 Å². The molecular weight excluding hydrogens is 395 g/mol. The maximum Gasteiger partial charge on any atom is 0.251 e. The number of carbonyl (C=O) groups is 2. The molecule has 0 atom stereocenters. The van der Waals surface area contributed by atoms with Crippen LogP contribution in [0.1, 0.15) is 10.4 Å². The molecule has 1 aromatic heterocycles. The van der Waals surface area contributed by atoms with Gasteiger partial charge < -0.3 is 20.3 Å². The van der Waals surface area contributed by atoms with Gasteiger partial charge in [-0.05, 0) is 42.5 Å². The summed E-state index contributed by atoms with van der Waals surface area (Å²) < 4.78 is 19.3. The Kier molecular flexibility index (Phi) is 5.68. The van der Waals surface area contributed by atoms with Crippen molar-refractivity contribution in [2.75, 3.05) is 43.1 Å². The van der Waals surface area contributed by atoms with Crippen LogP contribution in [-0.2, 0) is 9.53 Å². The first-order valence-corrected chi connectivity index (χ1v) is 9.97. The molecule has 3 aromatic rings. The summed E-state index contributed by atoms with van der Waals surface area (Å²) in [7, 11) is 0. The quantitative estimate of drug-likeness (QED) is 0.671. The number of thiazole rings is 1. The highest BCUT2D eigenvalue weighted by atomic mass is 32.1. The predicted molar refractivity (Wildman–Crippen MR) is 110 cm³/mol. The highest BCUT2D eigenvalue weighted by Crippen LogP contribution is 2.31. The molecule has 0 aliphatic carbocycles. The van der Waals surface area contributed by atoms with Gasteiger partial charge in [-0.15, -0.1) is 0 Å². The molecule has 1 aliphatic rings. The number of fused-ring (bicyclic) bond motifs is 1. The van der Waals surface area contributed by atoms with Gasteiger partial charge in [0, 0.05) is 24.3 Å². The van der Waals surface area contributed by atoms with Crippen molar-refractivity contribution in [2.24, 2.45) is 0 Å². The Morgan fingerprint density at radius 2 is 1.90 bits per heavy atom. The Bertz CT molecular complexity index is 1030. The summed E-state index contributed by atoms with van der Waals surface area (Å²) in [5.74, 6) is -1.21. The lowest BCUT2D eigenvalue weighted by molar-refractivity contribution is -0.115. The number of benzene rings is 2. The van der Waals surface area contributed by atoms with Crippen LogP contribution in [-0.4, -0.2) is 49.6 Å². The zero-order valence-electron chi connectivity index (χ0n) is 15.5. The van der Waals surface area contributed by atoms with E-state index in [1.54, 1.807) is 17.4 Å². The Morgan fingerprint density at radius 3 is 2.66 bits per heavy atom. The van der Waals surface area contributed by atoms with Gasteiger partial charge in [-0.1, -0.05) is 11.3 Å². The van der Waals surface area contributed by atoms with Crippen molar-refractivity contribution in [3.63, 3.8) is 0 Å². The van der Waals surface area contributed by atoms with E-state index in [1.807, 2.05) is 12.1 Å². The zero-order chi connectivity index (χ0) is 20.2. The van der Waals surface area contributed by atoms with Gasteiger partial charge >= 0.3 is 0 Å². The molecule has 29 heavy (non-hydrogen) atoms. The van der Waals surface area contributed by atoms with Crippen molar-refractivity contribution in [3.8, 4) is 0 Å². The van der Waals surface area contributed by atoms with Crippen molar-refractivity contribution >= 4 is 44.2 Å². The van der Waals surface area contributed by atoms with E-state index in [1.165, 1.54) is 24.3 Å². The SMILES string of the molecule is O=C(CNC(=O)c1ccc(F)cc1)Nc1ccc2nc(N3CCOCC3)sc2c1. The number of amides is 2. The lowest BCUT2D eigenvalue weighted by Crippen LogP contribution is -2.36. The molecule has 2 aromatic carbocycles. The van der Waals surface area contributed by atoms with Crippen LogP contribution in [0, 0.1) is 5.82 Å². The van der Waals surface area contributed by atoms with Gasteiger partial charge in [0.15, 0.2) is 5.13 Å². The fourth-order valence-corrected chi connectivity index (χ4v) is 4.01. The predicted octanol–water partition coefficient (Wildman–Crippen LogP) is 2.64. The summed E-state index contributed by atoms with van der Waals surface area (Å²) in [6.45, 7) is 2.84. The fourth-order valence-electron chi connectivity index (χ4n) is 2.95. The molecule has 0 spiro atoms. The third kappa shape index (κ3) is 4.69. The lowest BCUT2D eigenvalue weighted by Gasteiger charge is -2.25. The average molecular weight is 414 g/mol. The van der Waals surface area contributed by atoms with Crippen LogP contribution in [0.15, 0.2) is 42.5 Å². The summed E-state index contributed by atoms with van der Waals surface area (Å²) in [4.78, 5) is 31.0. The Balaban J connectivity index is 1.36. The second-order valence-electron chi connectivity index (χ2n) is 6.52. The monoisotopic (exact) mass is 414 g/mol. The van der Waals surface area contributed by atoms with Crippen molar-refractivity contribution in [1.82, 2.24) is 10.3 Å². The third-order valence-electron chi connectivity index (χ3n) is 4.46. The molecule has 2 amide bonds. The molecule has 4 rings (SSSR count). The van der Waals surface area contributed by atoms with E-state index in [9.17, 15) is 14.0 Å². The van der Waals surface area contributed by atoms with Gasteiger partial charge in [-0.25, -0.2) is 9.37 Å². The molecule has 2 heterocycles. The molecule has 2 N–H and O–H groups in total. The number of hydrogen-bond donors (Lipinski definition) is 2. The number of nitrogens with zero attached hydrogens (tertiary/aromatic N) is 2. The second-order valence-corrected chi connectivity index (χ2v) is 7.53. The number of hydrogen-bond acceptors (Lipinski definition) is 6. The topological polar surface area (TPSA) is 83.6 Å². The number of nitrogens with one attached hydrogen (secondary N) is 2. The molecule has 9 heteroatoms. The fraction of sp³-hybridized carbons (Fsp3) is 0.250. The van der Waals surface area contributed by atoms with Crippen molar-refractivity contribution in [1.29, 1.82) is 0 Å². The van der Waals surface area contributed by atoms with Gasteiger partial charge in [0.2, 0.25) is 5.91 Å². The minimum absolute atomic E-state index is 0.185. The molecule has 1 aliphatic heterocycles. The minimum Gasteiger partial charge on any atom is -0.378 e. The number of aromatic nitrogens is 1. The molecule has 150 valence electrons. The van der Waals surface area contributed by atoms with E-state index < -0.39 is 11.7 Å². The van der Waals surface area contributed by atoms with Crippen molar-refractivity contribution < 1.29 is 18.7 Å². The van der Waals surface area contributed by atoms with Gasteiger partial charge in [0.1, 0.15) is 5.82 Å². The highest BCUT2D eigenvalue weighted by Gasteiger charge is 2.16. The van der Waals surface area contributed by atoms with Crippen molar-refractivity contribution in [2.45, 2.75) is 0 Å². The molecule has 1 saturated heterocycles. The van der Waals surface area contributed by atoms with Gasteiger partial charge in [0.25, 0.3) is 5.91 Å². The number of anilines is 2. The summed E-state index contributed by atoms with van der Waals surface area (Å²) >= 11 is 1.57. The Hall–Kier alpha value is -3.04. The van der Waals surface area contributed by atoms with Crippen LogP contribution in [0.2, 0.25) is 0 Å². The largest absolute Gasteiger partial charge is 0.378 e. The maximum absolute atomic E-state index is 12.9. The molecule has 0 radical (unpaired) electrons. The van der Waals surface area contributed by atoms with Crippen LogP contribution in [0.5, 0.6) is 0 Å². The first-order chi connectivity index (χ1) is 14.1. The minimum atomic E-state index is -0.437. The first-order valence-electron chi connectivity index (χ1n) is 9.15. The number of morpholine rings is 1. The van der Waals surface area contributed by atoms with E-state index in [0.29, 0.717) is 24.5 Å². The van der Waals surface area contributed by atoms with Gasteiger partial charge in [-0.2, -0.15) is 0 Å². The van der Waals surface area contributed by atoms with E-state index in [-0.39, 0.29) is 12.5 Å². The number of halogens is 1. The summed E-state index contributed by atoms with van der Waals surface area (Å²) in [6.07, 6.45) is 0.